The summed E-state index contributed by atoms with van der Waals surface area (Å²) >= 11 is 0. The summed E-state index contributed by atoms with van der Waals surface area (Å²) in [5.74, 6) is -0.270. The van der Waals surface area contributed by atoms with Crippen LogP contribution in [0.2, 0.25) is 0 Å². The summed E-state index contributed by atoms with van der Waals surface area (Å²) in [5, 5.41) is 21.5. The Morgan fingerprint density at radius 3 is 2.41 bits per heavy atom. The highest BCUT2D eigenvalue weighted by Crippen LogP contribution is 2.23. The molecular weight excluding hydrogens is 492 g/mol. The number of hydrogen-bond acceptors (Lipinski definition) is 5. The minimum atomic E-state index is -0.833. The van der Waals surface area contributed by atoms with Crippen molar-refractivity contribution in [2.24, 2.45) is 11.8 Å². The number of rotatable bonds is 14. The smallest absolute Gasteiger partial charge is 0.243 e. The lowest BCUT2D eigenvalue weighted by Gasteiger charge is -2.29. The molecule has 3 unspecified atom stereocenters. The fourth-order valence-electron chi connectivity index (χ4n) is 5.21. The zero-order chi connectivity index (χ0) is 28.4. The van der Waals surface area contributed by atoms with E-state index in [4.69, 9.17) is 0 Å². The van der Waals surface area contributed by atoms with Gasteiger partial charge in [0.05, 0.1) is 6.10 Å². The van der Waals surface area contributed by atoms with Crippen molar-refractivity contribution in [3.8, 4) is 0 Å². The van der Waals surface area contributed by atoms with Crippen LogP contribution in [0.5, 0.6) is 0 Å². The summed E-state index contributed by atoms with van der Waals surface area (Å²) in [6, 6.07) is 12.6. The first-order valence-corrected chi connectivity index (χ1v) is 14.5. The van der Waals surface area contributed by atoms with Crippen LogP contribution in [0.3, 0.4) is 0 Å². The number of carbonyl (C=O) groups excluding carboxylic acids is 3. The van der Waals surface area contributed by atoms with Crippen molar-refractivity contribution in [1.29, 1.82) is 0 Å². The Kier molecular flexibility index (Phi) is 11.7. The molecule has 0 spiro atoms. The molecule has 214 valence electrons. The Hall–Kier alpha value is -2.97. The third-order valence-electron chi connectivity index (χ3n) is 7.50. The SMILES string of the molecule is CCC(CC)C(=O)N1CCCC1C(=O)NC(Cc1ccc2ccccc2c1)C(=O)NCC(O)CNCC(C)C. The van der Waals surface area contributed by atoms with Gasteiger partial charge in [-0.3, -0.25) is 14.4 Å². The maximum absolute atomic E-state index is 13.5. The minimum absolute atomic E-state index is 0.0187. The molecule has 0 radical (unpaired) electrons. The van der Waals surface area contributed by atoms with E-state index >= 15 is 0 Å². The van der Waals surface area contributed by atoms with E-state index in [9.17, 15) is 19.5 Å². The van der Waals surface area contributed by atoms with Crippen LogP contribution < -0.4 is 16.0 Å². The highest BCUT2D eigenvalue weighted by Gasteiger charge is 2.37. The van der Waals surface area contributed by atoms with E-state index in [1.54, 1.807) is 4.90 Å². The van der Waals surface area contributed by atoms with E-state index in [-0.39, 0.29) is 30.2 Å². The third kappa shape index (κ3) is 8.77. The predicted molar refractivity (Wildman–Crippen MR) is 155 cm³/mol. The van der Waals surface area contributed by atoms with Crippen molar-refractivity contribution < 1.29 is 19.5 Å². The van der Waals surface area contributed by atoms with Gasteiger partial charge in [0.2, 0.25) is 17.7 Å². The van der Waals surface area contributed by atoms with Gasteiger partial charge in [-0.1, -0.05) is 70.2 Å². The quantitative estimate of drug-likeness (QED) is 0.296. The number of fused-ring (bicyclic) bond motifs is 1. The molecule has 1 fully saturated rings. The lowest BCUT2D eigenvalue weighted by Crippen LogP contribution is -2.55. The summed E-state index contributed by atoms with van der Waals surface area (Å²) in [6.07, 6.45) is 2.39. The second-order valence-electron chi connectivity index (χ2n) is 11.1. The summed E-state index contributed by atoms with van der Waals surface area (Å²) < 4.78 is 0. The first kappa shape index (κ1) is 30.6. The Bertz CT molecular complexity index is 1100. The Labute approximate surface area is 232 Å². The summed E-state index contributed by atoms with van der Waals surface area (Å²) in [4.78, 5) is 41.6. The number of benzene rings is 2. The van der Waals surface area contributed by atoms with Gasteiger partial charge in [-0.15, -0.1) is 0 Å². The van der Waals surface area contributed by atoms with Crippen molar-refractivity contribution >= 4 is 28.5 Å². The van der Waals surface area contributed by atoms with E-state index in [1.807, 2.05) is 56.3 Å². The lowest BCUT2D eigenvalue weighted by atomic mass is 10.00. The summed E-state index contributed by atoms with van der Waals surface area (Å²) in [5.41, 5.74) is 0.921. The van der Waals surface area contributed by atoms with Gasteiger partial charge in [0.1, 0.15) is 12.1 Å². The van der Waals surface area contributed by atoms with Gasteiger partial charge in [-0.25, -0.2) is 0 Å². The monoisotopic (exact) mass is 538 g/mol. The second kappa shape index (κ2) is 15.0. The molecule has 0 bridgehead atoms. The van der Waals surface area contributed by atoms with E-state index < -0.39 is 18.2 Å². The zero-order valence-electron chi connectivity index (χ0n) is 23.9. The number of nitrogens with one attached hydrogen (secondary N) is 3. The van der Waals surface area contributed by atoms with Crippen LogP contribution in [0.1, 0.15) is 58.9 Å². The molecule has 0 saturated carbocycles. The predicted octanol–water partition coefficient (Wildman–Crippen LogP) is 3.02. The zero-order valence-corrected chi connectivity index (χ0v) is 23.9. The fraction of sp³-hybridized carbons (Fsp3) is 0.581. The van der Waals surface area contributed by atoms with E-state index in [1.165, 1.54) is 0 Å². The minimum Gasteiger partial charge on any atom is -0.390 e. The second-order valence-corrected chi connectivity index (χ2v) is 11.1. The molecule has 1 aliphatic heterocycles. The number of nitrogens with zero attached hydrogens (tertiary/aromatic N) is 1. The van der Waals surface area contributed by atoms with Crippen LogP contribution >= 0.6 is 0 Å². The van der Waals surface area contributed by atoms with Gasteiger partial charge in [-0.05, 0) is 54.5 Å². The summed E-state index contributed by atoms with van der Waals surface area (Å²) in [7, 11) is 0. The van der Waals surface area contributed by atoms with E-state index in [0.29, 0.717) is 31.8 Å². The number of likely N-dealkylation sites (tertiary alicyclic amines) is 1. The van der Waals surface area contributed by atoms with Crippen molar-refractivity contribution in [3.05, 3.63) is 48.0 Å². The molecule has 39 heavy (non-hydrogen) atoms. The third-order valence-corrected chi connectivity index (χ3v) is 7.50. The standard InChI is InChI=1S/C31H46N4O4/c1-5-23(6-2)31(39)35-15-9-12-28(35)30(38)34-27(29(37)33-20-26(36)19-32-18-21(3)4)17-22-13-14-24-10-7-8-11-25(24)16-22/h7-8,10-11,13-14,16,21,23,26-28,32,36H,5-6,9,12,15,17-20H2,1-4H3,(H,33,37)(H,34,38). The molecule has 3 rings (SSSR count). The van der Waals surface area contributed by atoms with Crippen molar-refractivity contribution in [1.82, 2.24) is 20.9 Å². The largest absolute Gasteiger partial charge is 0.390 e. The normalized spacial score (nSPS) is 17.0. The van der Waals surface area contributed by atoms with Crippen molar-refractivity contribution in [3.63, 3.8) is 0 Å². The molecule has 2 aromatic rings. The lowest BCUT2D eigenvalue weighted by molar-refractivity contribution is -0.142. The average Bonchev–Trinajstić information content (AvgIpc) is 3.42. The van der Waals surface area contributed by atoms with E-state index in [2.05, 4.69) is 29.8 Å². The number of aliphatic hydroxyl groups is 1. The Balaban J connectivity index is 1.72. The molecule has 4 N–H and O–H groups in total. The maximum Gasteiger partial charge on any atom is 0.243 e. The highest BCUT2D eigenvalue weighted by molar-refractivity contribution is 5.93. The molecule has 0 aromatic heterocycles. The van der Waals surface area contributed by atoms with Crippen LogP contribution in [-0.2, 0) is 20.8 Å². The van der Waals surface area contributed by atoms with Crippen molar-refractivity contribution in [2.75, 3.05) is 26.2 Å². The van der Waals surface area contributed by atoms with Crippen molar-refractivity contribution in [2.45, 2.75) is 78.0 Å². The van der Waals surface area contributed by atoms with Gasteiger partial charge in [0.25, 0.3) is 0 Å². The van der Waals surface area contributed by atoms with Crippen LogP contribution in [0.25, 0.3) is 10.8 Å². The molecule has 3 atom stereocenters. The molecule has 8 heteroatoms. The van der Waals surface area contributed by atoms with Crippen LogP contribution in [0, 0.1) is 11.8 Å². The number of hydrogen-bond donors (Lipinski definition) is 4. The Morgan fingerprint density at radius 1 is 1.00 bits per heavy atom. The molecule has 1 saturated heterocycles. The molecule has 1 heterocycles. The molecule has 2 aromatic carbocycles. The van der Waals surface area contributed by atoms with Crippen LogP contribution in [0.15, 0.2) is 42.5 Å². The van der Waals surface area contributed by atoms with Gasteiger partial charge < -0.3 is 26.0 Å². The molecule has 8 nitrogen and oxygen atoms in total. The maximum atomic E-state index is 13.5. The number of amides is 3. The number of aliphatic hydroxyl groups excluding tert-OH is 1. The van der Waals surface area contributed by atoms with Gasteiger partial charge in [0, 0.05) is 32.0 Å². The Morgan fingerprint density at radius 2 is 1.72 bits per heavy atom. The average molecular weight is 539 g/mol. The molecule has 3 amide bonds. The first-order chi connectivity index (χ1) is 18.7. The fourth-order valence-corrected chi connectivity index (χ4v) is 5.21. The van der Waals surface area contributed by atoms with Crippen LogP contribution in [0.4, 0.5) is 0 Å². The molecule has 1 aliphatic rings. The van der Waals surface area contributed by atoms with Gasteiger partial charge in [-0.2, -0.15) is 0 Å². The topological polar surface area (TPSA) is 111 Å². The summed E-state index contributed by atoms with van der Waals surface area (Å²) in [6.45, 7) is 9.95. The molecule has 0 aliphatic carbocycles. The van der Waals surface area contributed by atoms with Gasteiger partial charge >= 0.3 is 0 Å². The molecular formula is C31H46N4O4. The van der Waals surface area contributed by atoms with Gasteiger partial charge in [0.15, 0.2) is 0 Å². The highest BCUT2D eigenvalue weighted by atomic mass is 16.3. The van der Waals surface area contributed by atoms with Crippen LogP contribution in [-0.4, -0.2) is 72.1 Å². The number of carbonyl (C=O) groups is 3. The first-order valence-electron chi connectivity index (χ1n) is 14.5. The van der Waals surface area contributed by atoms with E-state index in [0.717, 1.165) is 42.1 Å².